The van der Waals surface area contributed by atoms with Gasteiger partial charge in [0.1, 0.15) is 6.04 Å². The van der Waals surface area contributed by atoms with Gasteiger partial charge in [-0.1, -0.05) is 0 Å². The molecule has 1 saturated heterocycles. The average Bonchev–Trinajstić information content (AvgIpc) is 3.14. The summed E-state index contributed by atoms with van der Waals surface area (Å²) in [7, 11) is -5.11. The van der Waals surface area contributed by atoms with Gasteiger partial charge in [-0.3, -0.25) is 14.4 Å². The zero-order valence-corrected chi connectivity index (χ0v) is 17.3. The van der Waals surface area contributed by atoms with E-state index in [1.165, 1.54) is 27.9 Å². The van der Waals surface area contributed by atoms with Crippen LogP contribution < -0.4 is 40.8 Å². The summed E-state index contributed by atoms with van der Waals surface area (Å²) in [6.45, 7) is -0.322. The van der Waals surface area contributed by atoms with E-state index in [4.69, 9.17) is 5.73 Å². The van der Waals surface area contributed by atoms with Crippen molar-refractivity contribution in [3.63, 3.8) is 0 Å². The van der Waals surface area contributed by atoms with Crippen LogP contribution in [0.2, 0.25) is 0 Å². The third-order valence-corrected chi connectivity index (χ3v) is 3.92. The molecule has 2 bridgehead atoms. The van der Waals surface area contributed by atoms with Crippen LogP contribution in [0.4, 0.5) is 4.79 Å². The number of urea groups is 1. The Labute approximate surface area is 180 Å². The molecule has 0 saturated carbocycles. The number of carbonyl (C=O) groups is 3. The number of fused-ring (bicyclic) bond motifs is 2. The molecule has 3 heterocycles. The van der Waals surface area contributed by atoms with Crippen LogP contribution in [0.15, 0.2) is 18.3 Å². The third-order valence-electron chi connectivity index (χ3n) is 3.57. The topological polar surface area (TPSA) is 189 Å². The number of hydroxylamine groups is 3. The van der Waals surface area contributed by atoms with Crippen LogP contribution >= 0.6 is 0 Å². The summed E-state index contributed by atoms with van der Waals surface area (Å²) in [5.74, 6) is -1.50. The van der Waals surface area contributed by atoms with Gasteiger partial charge in [-0.2, -0.15) is 14.4 Å². The first kappa shape index (κ1) is 22.3. The molecule has 2 aliphatic heterocycles. The number of nitrogens with one attached hydrogen (secondary N) is 1. The van der Waals surface area contributed by atoms with Crippen molar-refractivity contribution >= 4 is 33.9 Å². The molecule has 0 radical (unpaired) electrons. The van der Waals surface area contributed by atoms with E-state index in [1.807, 2.05) is 5.48 Å². The molecule has 4 amide bonds. The molecule has 146 valence electrons. The molecule has 0 aromatic carbocycles. The quantitative estimate of drug-likeness (QED) is 0.186. The number of primary amides is 1. The smallest absolute Gasteiger partial charge is 0.724 e. The van der Waals surface area contributed by atoms with E-state index < -0.39 is 40.9 Å². The van der Waals surface area contributed by atoms with Gasteiger partial charge in [-0.05, 0) is 12.1 Å². The van der Waals surface area contributed by atoms with Gasteiger partial charge in [0.25, 0.3) is 5.91 Å². The molecule has 14 nitrogen and oxygen atoms in total. The first-order valence-electron chi connectivity index (χ1n) is 7.35. The predicted octanol–water partition coefficient (Wildman–Crippen LogP) is -5.61. The molecule has 0 spiro atoms. The van der Waals surface area contributed by atoms with Gasteiger partial charge in [-0.15, -0.1) is 0 Å². The van der Waals surface area contributed by atoms with Crippen LogP contribution in [0.1, 0.15) is 10.5 Å². The molecule has 3 N–H and O–H groups in total. The van der Waals surface area contributed by atoms with Crippen LogP contribution in [-0.2, 0) is 24.3 Å². The second kappa shape index (κ2) is 8.56. The molecule has 16 heteroatoms. The van der Waals surface area contributed by atoms with Crippen LogP contribution in [0.3, 0.4) is 0 Å². The van der Waals surface area contributed by atoms with E-state index in [0.717, 1.165) is 0 Å². The summed E-state index contributed by atoms with van der Waals surface area (Å²) in [6, 6.07) is -0.241. The Bertz CT molecular complexity index is 930. The molecular weight excluding hydrogens is 411 g/mol. The summed E-state index contributed by atoms with van der Waals surface area (Å²) in [4.78, 5) is 40.3. The van der Waals surface area contributed by atoms with Gasteiger partial charge in [-0.25, -0.2) is 23.4 Å². The van der Waals surface area contributed by atoms with E-state index in [2.05, 4.69) is 14.2 Å². The summed E-state index contributed by atoms with van der Waals surface area (Å²) in [5, 5.41) is 4.49. The van der Waals surface area contributed by atoms with Gasteiger partial charge < -0.3 is 15.2 Å². The Morgan fingerprint density at radius 2 is 2.14 bits per heavy atom. The zero-order chi connectivity index (χ0) is 19.8. The maximum Gasteiger partial charge on any atom is 1.00 e. The van der Waals surface area contributed by atoms with E-state index in [0.29, 0.717) is 10.8 Å². The van der Waals surface area contributed by atoms with Crippen molar-refractivity contribution in [3.05, 3.63) is 24.0 Å². The molecule has 1 aromatic heterocycles. The first-order chi connectivity index (χ1) is 12.6. The maximum atomic E-state index is 12.1. The molecule has 1 atom stereocenters. The normalized spacial score (nSPS) is 18.5. The molecule has 0 aliphatic carbocycles. The second-order valence-electron chi connectivity index (χ2n) is 5.53. The van der Waals surface area contributed by atoms with E-state index in [9.17, 15) is 27.4 Å². The fraction of sp³-hybridized carbons (Fsp3) is 0.333. The molecule has 1 unspecified atom stereocenters. The van der Waals surface area contributed by atoms with E-state index >= 15 is 0 Å². The van der Waals surface area contributed by atoms with Crippen molar-refractivity contribution < 1.29 is 66.0 Å². The number of carbonyl (C=O) groups excluding carboxylic acids is 3. The number of nitrogens with zero attached hydrogens (tertiary/aromatic N) is 4. The molecule has 1 aromatic rings. The van der Waals surface area contributed by atoms with E-state index in [-0.39, 0.29) is 48.3 Å². The Kier molecular flexibility index (Phi) is 6.81. The van der Waals surface area contributed by atoms with Crippen molar-refractivity contribution in [1.29, 1.82) is 0 Å². The summed E-state index contributed by atoms with van der Waals surface area (Å²) >= 11 is 0. The Balaban J connectivity index is 0.00000280. The number of hydrogen-bond acceptors (Lipinski definition) is 9. The minimum absolute atomic E-state index is 0. The van der Waals surface area contributed by atoms with Crippen molar-refractivity contribution in [2.75, 3.05) is 19.7 Å². The van der Waals surface area contributed by atoms with E-state index in [1.54, 1.807) is 0 Å². The standard InChI is InChI=1S/C12H14N6O8S.Na/c13-10(19)6-25-15-11(20)9-1-2-17(14-9)7-3-8-5-16(4-7)12(21)18(8)26-27(22,23)24;/h1-3,8H,4-6H2,(H2,13,19)(H,15,20)(H,22,23,24);/q;+1/p-1. The van der Waals surface area contributed by atoms with Crippen molar-refractivity contribution in [1.82, 2.24) is 25.2 Å². The molecule has 3 rings (SSSR count). The van der Waals surface area contributed by atoms with Crippen molar-refractivity contribution in [2.45, 2.75) is 6.04 Å². The minimum atomic E-state index is -5.11. The van der Waals surface area contributed by atoms with Gasteiger partial charge in [0, 0.05) is 12.7 Å². The Hall–Kier alpha value is -2.01. The van der Waals surface area contributed by atoms with Crippen molar-refractivity contribution in [3.8, 4) is 0 Å². The average molecular weight is 424 g/mol. The number of hydrogen-bond donors (Lipinski definition) is 2. The van der Waals surface area contributed by atoms with Crippen LogP contribution in [0.5, 0.6) is 0 Å². The van der Waals surface area contributed by atoms with Gasteiger partial charge in [0.2, 0.25) is 16.3 Å². The molecular formula is C12H13N6NaO8S. The summed E-state index contributed by atoms with van der Waals surface area (Å²) in [6.07, 6.45) is 2.92. The largest absolute Gasteiger partial charge is 1.00 e. The maximum absolute atomic E-state index is 12.1. The zero-order valence-electron chi connectivity index (χ0n) is 14.5. The van der Waals surface area contributed by atoms with Gasteiger partial charge in [0.05, 0.1) is 12.2 Å². The number of rotatable bonds is 7. The number of aromatic nitrogens is 2. The Morgan fingerprint density at radius 1 is 1.43 bits per heavy atom. The van der Waals surface area contributed by atoms with Crippen molar-refractivity contribution in [2.24, 2.45) is 5.73 Å². The number of amides is 4. The fourth-order valence-electron chi connectivity index (χ4n) is 2.55. The molecule has 2 aliphatic rings. The van der Waals surface area contributed by atoms with Gasteiger partial charge >= 0.3 is 35.6 Å². The number of nitrogens with two attached hydrogens (primary N) is 1. The second-order valence-corrected chi connectivity index (χ2v) is 6.49. The predicted molar refractivity (Wildman–Crippen MR) is 82.5 cm³/mol. The molecule has 28 heavy (non-hydrogen) atoms. The molecule has 1 fully saturated rings. The fourth-order valence-corrected chi connectivity index (χ4v) is 2.92. The summed E-state index contributed by atoms with van der Waals surface area (Å²) in [5.41, 5.74) is 7.26. The van der Waals surface area contributed by atoms with Crippen LogP contribution in [0.25, 0.3) is 5.70 Å². The SMILES string of the molecule is NC(=O)CONC(=O)c1ccn(C2=CC3CN(C2)C(=O)N3OS(=O)(=O)[O-])n1.[Na+]. The Morgan fingerprint density at radius 3 is 2.79 bits per heavy atom. The summed E-state index contributed by atoms with van der Waals surface area (Å²) < 4.78 is 37.8. The third kappa shape index (κ3) is 5.07. The van der Waals surface area contributed by atoms with Gasteiger partial charge in [0.15, 0.2) is 12.3 Å². The first-order valence-corrected chi connectivity index (χ1v) is 8.68. The van der Waals surface area contributed by atoms with Crippen LogP contribution in [-0.4, -0.2) is 76.3 Å². The van der Waals surface area contributed by atoms with Crippen LogP contribution in [0, 0.1) is 0 Å². The monoisotopic (exact) mass is 424 g/mol. The minimum Gasteiger partial charge on any atom is -0.724 e.